The van der Waals surface area contributed by atoms with E-state index in [1.165, 1.54) is 18.2 Å². The smallest absolute Gasteiger partial charge is 0.185 e. The van der Waals surface area contributed by atoms with Gasteiger partial charge in [-0.3, -0.25) is 4.79 Å². The minimum absolute atomic E-state index is 0.0287. The molecule has 2 rings (SSSR count). The Hall–Kier alpha value is -2.34. The third-order valence-electron chi connectivity index (χ3n) is 3.00. The van der Waals surface area contributed by atoms with Gasteiger partial charge in [0.25, 0.3) is 0 Å². The summed E-state index contributed by atoms with van der Waals surface area (Å²) in [5.74, 6) is -2.17. The summed E-state index contributed by atoms with van der Waals surface area (Å²) in [5, 5.41) is 18.5. The van der Waals surface area contributed by atoms with Crippen LogP contribution in [0, 0.1) is 6.92 Å². The average Bonchev–Trinajstić information content (AvgIpc) is 2.41. The second-order valence-electron chi connectivity index (χ2n) is 4.70. The molecule has 0 saturated heterocycles. The van der Waals surface area contributed by atoms with Crippen molar-refractivity contribution >= 4 is 15.6 Å². The van der Waals surface area contributed by atoms with E-state index in [0.717, 1.165) is 17.7 Å². The fraction of sp³-hybridized carbons (Fsp3) is 0.133. The van der Waals surface area contributed by atoms with E-state index in [4.69, 9.17) is 0 Å². The van der Waals surface area contributed by atoms with Crippen molar-refractivity contribution in [2.75, 3.05) is 5.75 Å². The SMILES string of the molecule is Cc1ccc(S(=O)(=O)CC(=O)c2ccc(O)c(O)c2)cc1. The highest BCUT2D eigenvalue weighted by atomic mass is 32.2. The lowest BCUT2D eigenvalue weighted by atomic mass is 10.1. The van der Waals surface area contributed by atoms with Crippen LogP contribution in [0.3, 0.4) is 0 Å². The molecule has 0 amide bonds. The highest BCUT2D eigenvalue weighted by molar-refractivity contribution is 7.92. The lowest BCUT2D eigenvalue weighted by Gasteiger charge is -2.05. The molecule has 0 bridgehead atoms. The summed E-state index contributed by atoms with van der Waals surface area (Å²) >= 11 is 0. The summed E-state index contributed by atoms with van der Waals surface area (Å²) in [5.41, 5.74) is 0.949. The Balaban J connectivity index is 2.25. The van der Waals surface area contributed by atoms with E-state index in [2.05, 4.69) is 0 Å². The zero-order valence-electron chi connectivity index (χ0n) is 11.3. The number of Topliss-reactive ketones (excluding diaryl/α,β-unsaturated/α-hetero) is 1. The molecule has 0 atom stereocenters. The van der Waals surface area contributed by atoms with Crippen LogP contribution in [0.5, 0.6) is 11.5 Å². The lowest BCUT2D eigenvalue weighted by Crippen LogP contribution is -2.16. The Morgan fingerprint density at radius 2 is 1.62 bits per heavy atom. The van der Waals surface area contributed by atoms with Gasteiger partial charge in [-0.1, -0.05) is 17.7 Å². The van der Waals surface area contributed by atoms with Crippen molar-refractivity contribution in [3.8, 4) is 11.5 Å². The maximum Gasteiger partial charge on any atom is 0.185 e. The molecule has 6 heteroatoms. The molecule has 0 fully saturated rings. The minimum Gasteiger partial charge on any atom is -0.504 e. The van der Waals surface area contributed by atoms with E-state index in [9.17, 15) is 23.4 Å². The van der Waals surface area contributed by atoms with Crippen LogP contribution in [0.1, 0.15) is 15.9 Å². The summed E-state index contributed by atoms with van der Waals surface area (Å²) in [6, 6.07) is 9.66. The third kappa shape index (κ3) is 3.41. The standard InChI is InChI=1S/C15H14O5S/c1-10-2-5-12(6-3-10)21(19,20)9-15(18)11-4-7-13(16)14(17)8-11/h2-8,16-17H,9H2,1H3. The van der Waals surface area contributed by atoms with Gasteiger partial charge in [0.1, 0.15) is 5.75 Å². The predicted molar refractivity (Wildman–Crippen MR) is 77.3 cm³/mol. The monoisotopic (exact) mass is 306 g/mol. The van der Waals surface area contributed by atoms with Gasteiger partial charge in [0, 0.05) is 5.56 Å². The first-order valence-corrected chi connectivity index (χ1v) is 7.79. The van der Waals surface area contributed by atoms with Crippen LogP contribution in [0.2, 0.25) is 0 Å². The number of benzene rings is 2. The van der Waals surface area contributed by atoms with Crippen LogP contribution in [0.15, 0.2) is 47.4 Å². The first-order valence-electron chi connectivity index (χ1n) is 6.14. The van der Waals surface area contributed by atoms with E-state index in [0.29, 0.717) is 0 Å². The highest BCUT2D eigenvalue weighted by Gasteiger charge is 2.21. The van der Waals surface area contributed by atoms with E-state index >= 15 is 0 Å². The van der Waals surface area contributed by atoms with E-state index in [1.807, 2.05) is 6.92 Å². The molecule has 0 aliphatic rings. The molecule has 2 aromatic rings. The first-order chi connectivity index (χ1) is 9.79. The fourth-order valence-electron chi connectivity index (χ4n) is 1.78. The number of carbonyl (C=O) groups is 1. The zero-order valence-corrected chi connectivity index (χ0v) is 12.1. The van der Waals surface area contributed by atoms with Crippen LogP contribution in [0.4, 0.5) is 0 Å². The molecule has 0 aliphatic heterocycles. The molecule has 0 aromatic heterocycles. The molecule has 5 nitrogen and oxygen atoms in total. The van der Waals surface area contributed by atoms with Gasteiger partial charge in [-0.2, -0.15) is 0 Å². The molecular formula is C15H14O5S. The van der Waals surface area contributed by atoms with Crippen molar-refractivity contribution in [1.82, 2.24) is 0 Å². The number of phenolic OH excluding ortho intramolecular Hbond substituents is 2. The minimum atomic E-state index is -3.74. The van der Waals surface area contributed by atoms with E-state index in [1.54, 1.807) is 12.1 Å². The molecule has 21 heavy (non-hydrogen) atoms. The Kier molecular flexibility index (Phi) is 3.99. The number of sulfone groups is 1. The molecule has 0 saturated carbocycles. The summed E-state index contributed by atoms with van der Waals surface area (Å²) in [6.07, 6.45) is 0. The van der Waals surface area contributed by atoms with Crippen molar-refractivity contribution in [2.45, 2.75) is 11.8 Å². The Bertz CT molecular complexity index is 776. The van der Waals surface area contributed by atoms with Crippen LogP contribution >= 0.6 is 0 Å². The Labute approximate surface area is 122 Å². The topological polar surface area (TPSA) is 91.7 Å². The van der Waals surface area contributed by atoms with E-state index in [-0.39, 0.29) is 16.2 Å². The molecule has 110 valence electrons. The second-order valence-corrected chi connectivity index (χ2v) is 6.69. The summed E-state index contributed by atoms with van der Waals surface area (Å²) < 4.78 is 24.3. The van der Waals surface area contributed by atoms with Crippen molar-refractivity contribution in [2.24, 2.45) is 0 Å². The Morgan fingerprint density at radius 1 is 1.00 bits per heavy atom. The highest BCUT2D eigenvalue weighted by Crippen LogP contribution is 2.25. The third-order valence-corrected chi connectivity index (χ3v) is 4.63. The summed E-state index contributed by atoms with van der Waals surface area (Å²) in [4.78, 5) is 12.1. The number of rotatable bonds is 4. The van der Waals surface area contributed by atoms with Gasteiger partial charge in [0.15, 0.2) is 27.1 Å². The van der Waals surface area contributed by atoms with Crippen molar-refractivity contribution < 1.29 is 23.4 Å². The zero-order chi connectivity index (χ0) is 15.6. The average molecular weight is 306 g/mol. The molecule has 0 heterocycles. The quantitative estimate of drug-likeness (QED) is 0.666. The number of hydrogen-bond donors (Lipinski definition) is 2. The lowest BCUT2D eigenvalue weighted by molar-refractivity contribution is 0.102. The number of aryl methyl sites for hydroxylation is 1. The van der Waals surface area contributed by atoms with Gasteiger partial charge in [-0.05, 0) is 37.3 Å². The first kappa shape index (κ1) is 15.1. The molecule has 0 radical (unpaired) electrons. The normalized spacial score (nSPS) is 11.3. The van der Waals surface area contributed by atoms with Crippen molar-refractivity contribution in [3.05, 3.63) is 53.6 Å². The maximum absolute atomic E-state index is 12.1. The van der Waals surface area contributed by atoms with Crippen LogP contribution in [-0.2, 0) is 9.84 Å². The van der Waals surface area contributed by atoms with Crippen molar-refractivity contribution in [1.29, 1.82) is 0 Å². The number of ketones is 1. The van der Waals surface area contributed by atoms with Crippen LogP contribution in [-0.4, -0.2) is 30.2 Å². The number of hydrogen-bond acceptors (Lipinski definition) is 5. The van der Waals surface area contributed by atoms with E-state index < -0.39 is 27.1 Å². The van der Waals surface area contributed by atoms with Crippen LogP contribution < -0.4 is 0 Å². The number of phenols is 2. The van der Waals surface area contributed by atoms with Gasteiger partial charge < -0.3 is 10.2 Å². The van der Waals surface area contributed by atoms with Gasteiger partial charge in [0.2, 0.25) is 0 Å². The molecule has 0 aliphatic carbocycles. The second kappa shape index (κ2) is 5.57. The predicted octanol–water partition coefficient (Wildman–Crippen LogP) is 2.06. The maximum atomic E-state index is 12.1. The molecule has 0 spiro atoms. The number of aromatic hydroxyl groups is 2. The van der Waals surface area contributed by atoms with Gasteiger partial charge in [-0.25, -0.2) is 8.42 Å². The molecular weight excluding hydrogens is 292 g/mol. The largest absolute Gasteiger partial charge is 0.504 e. The van der Waals surface area contributed by atoms with Crippen LogP contribution in [0.25, 0.3) is 0 Å². The Morgan fingerprint density at radius 3 is 2.19 bits per heavy atom. The van der Waals surface area contributed by atoms with Gasteiger partial charge in [0.05, 0.1) is 4.90 Å². The summed E-state index contributed by atoms with van der Waals surface area (Å²) in [7, 11) is -3.74. The van der Waals surface area contributed by atoms with Gasteiger partial charge in [-0.15, -0.1) is 0 Å². The molecule has 2 aromatic carbocycles. The summed E-state index contributed by atoms with van der Waals surface area (Å²) in [6.45, 7) is 1.83. The van der Waals surface area contributed by atoms with Crippen molar-refractivity contribution in [3.63, 3.8) is 0 Å². The fourth-order valence-corrected chi connectivity index (χ4v) is 3.01. The van der Waals surface area contributed by atoms with Gasteiger partial charge >= 0.3 is 0 Å². The molecule has 2 N–H and O–H groups in total. The molecule has 0 unspecified atom stereocenters. The number of carbonyl (C=O) groups excluding carboxylic acids is 1.